The van der Waals surface area contributed by atoms with Crippen molar-refractivity contribution in [3.05, 3.63) is 11.8 Å². The van der Waals surface area contributed by atoms with E-state index in [1.807, 2.05) is 6.92 Å². The number of likely N-dealkylation sites (N-methyl/N-ethyl adjacent to an activating group) is 1. The van der Waals surface area contributed by atoms with Crippen LogP contribution in [-0.2, 0) is 9.47 Å². The molecular weight excluding hydrogens is 573 g/mol. The van der Waals surface area contributed by atoms with Crippen LogP contribution in [0.1, 0.15) is 58.1 Å². The van der Waals surface area contributed by atoms with Gasteiger partial charge in [0.05, 0.1) is 0 Å². The van der Waals surface area contributed by atoms with Gasteiger partial charge in [-0.3, -0.25) is 0 Å². The van der Waals surface area contributed by atoms with Crippen LogP contribution >= 0.6 is 11.7 Å². The molecule has 9 heteroatoms. The fourth-order valence-corrected chi connectivity index (χ4v) is 4.81. The molecule has 2 rings (SSSR count). The van der Waals surface area contributed by atoms with Crippen molar-refractivity contribution in [3.8, 4) is 5.88 Å². The summed E-state index contributed by atoms with van der Waals surface area (Å²) in [7, 11) is 2.13. The van der Waals surface area contributed by atoms with E-state index < -0.39 is 6.16 Å². The van der Waals surface area contributed by atoms with E-state index in [9.17, 15) is 4.79 Å². The summed E-state index contributed by atoms with van der Waals surface area (Å²) in [6, 6.07) is 0. The molecule has 1 aromatic rings. The summed E-state index contributed by atoms with van der Waals surface area (Å²) in [4.78, 5) is 11.9. The number of rotatable bonds is 11. The van der Waals surface area contributed by atoms with Crippen molar-refractivity contribution in [2.75, 3.05) is 33.4 Å². The monoisotopic (exact) mass is 605 g/mol. The molecule has 2 unspecified atom stereocenters. The number of carbonyl (C=O) groups excluding carboxylic acids is 1. The van der Waals surface area contributed by atoms with Crippen molar-refractivity contribution in [2.24, 2.45) is 0 Å². The second kappa shape index (κ2) is 12.1. The topological polar surface area (TPSA) is 70.5 Å². The van der Waals surface area contributed by atoms with E-state index in [1.165, 1.54) is 31.0 Å². The molecule has 0 amide bonds. The fraction of sp³-hybridized carbons (Fsp3) is 0.737. The van der Waals surface area contributed by atoms with Gasteiger partial charge >= 0.3 is 182 Å². The predicted molar refractivity (Wildman–Crippen MR) is 110 cm³/mol. The minimum absolute atomic E-state index is 0.168. The van der Waals surface area contributed by atoms with Crippen LogP contribution in [-0.4, -0.2) is 82.3 Å². The first-order valence-corrected chi connectivity index (χ1v) is 13.0. The van der Waals surface area contributed by atoms with Crippen molar-refractivity contribution in [3.63, 3.8) is 0 Å². The van der Waals surface area contributed by atoms with E-state index in [4.69, 9.17) is 14.2 Å². The summed E-state index contributed by atoms with van der Waals surface area (Å²) < 4.78 is 25.9. The SMILES string of the molecule is CCCCCCOc1nsnc1C1=CCC[N+](C)([CH]([Pb])OC(=O)OCCC)C1. The average molecular weight is 605 g/mol. The summed E-state index contributed by atoms with van der Waals surface area (Å²) in [5.74, 6) is 0.634. The number of nitrogens with zero attached hydrogens (tertiary/aromatic N) is 3. The number of hydrogen-bond acceptors (Lipinski definition) is 7. The Balaban J connectivity index is 1.96. The van der Waals surface area contributed by atoms with E-state index in [1.54, 1.807) is 0 Å². The molecule has 0 fully saturated rings. The molecule has 155 valence electrons. The van der Waals surface area contributed by atoms with Crippen molar-refractivity contribution in [1.82, 2.24) is 8.75 Å². The molecule has 0 spiro atoms. The maximum atomic E-state index is 11.9. The zero-order valence-corrected chi connectivity index (χ0v) is 21.8. The second-order valence-corrected chi connectivity index (χ2v) is 9.72. The van der Waals surface area contributed by atoms with Crippen LogP contribution < -0.4 is 4.74 Å². The van der Waals surface area contributed by atoms with Crippen LogP contribution in [0.15, 0.2) is 6.08 Å². The summed E-state index contributed by atoms with van der Waals surface area (Å²) in [5, 5.41) is 0. The second-order valence-electron chi connectivity index (χ2n) is 7.27. The molecule has 0 bridgehead atoms. The first-order chi connectivity index (χ1) is 13.5. The van der Waals surface area contributed by atoms with Gasteiger partial charge in [-0.15, -0.1) is 0 Å². The third-order valence-corrected chi connectivity index (χ3v) is 8.15. The van der Waals surface area contributed by atoms with Gasteiger partial charge in [-0.2, -0.15) is 0 Å². The van der Waals surface area contributed by atoms with Gasteiger partial charge < -0.3 is 0 Å². The molecular formula is C19H31N3O4PbS+. The van der Waals surface area contributed by atoms with Crippen LogP contribution in [0.3, 0.4) is 0 Å². The molecule has 0 N–H and O–H groups in total. The minimum atomic E-state index is -0.566. The number of aromatic nitrogens is 2. The van der Waals surface area contributed by atoms with Gasteiger partial charge in [0.15, 0.2) is 0 Å². The third kappa shape index (κ3) is 6.94. The van der Waals surface area contributed by atoms with Crippen molar-refractivity contribution in [1.29, 1.82) is 0 Å². The van der Waals surface area contributed by atoms with Gasteiger partial charge in [0.25, 0.3) is 0 Å². The molecule has 1 aliphatic heterocycles. The Morgan fingerprint density at radius 1 is 1.25 bits per heavy atom. The van der Waals surface area contributed by atoms with Crippen LogP contribution in [0.5, 0.6) is 5.88 Å². The molecule has 3 radical (unpaired) electrons. The van der Waals surface area contributed by atoms with E-state index >= 15 is 0 Å². The zero-order chi connectivity index (χ0) is 20.4. The third-order valence-electron chi connectivity index (χ3n) is 4.76. The number of unbranched alkanes of at least 4 members (excludes halogenated alkanes) is 3. The van der Waals surface area contributed by atoms with Gasteiger partial charge in [0, 0.05) is 0 Å². The molecule has 0 saturated carbocycles. The summed E-state index contributed by atoms with van der Waals surface area (Å²) >= 11 is 1.92. The van der Waals surface area contributed by atoms with Gasteiger partial charge in [-0.1, -0.05) is 6.92 Å². The van der Waals surface area contributed by atoms with E-state index in [-0.39, 0.29) is 3.79 Å². The van der Waals surface area contributed by atoms with Crippen LogP contribution in [0.25, 0.3) is 5.57 Å². The molecule has 28 heavy (non-hydrogen) atoms. The quantitative estimate of drug-likeness (QED) is 0.166. The Labute approximate surface area is 188 Å². The number of hydrogen-bond donors (Lipinski definition) is 0. The summed E-state index contributed by atoms with van der Waals surface area (Å²) in [6.07, 6.45) is 8.00. The molecule has 0 aromatic carbocycles. The summed E-state index contributed by atoms with van der Waals surface area (Å²) in [5.41, 5.74) is 1.96. The van der Waals surface area contributed by atoms with E-state index in [2.05, 4.69) is 28.8 Å². The normalized spacial score (nSPS) is 20.4. The van der Waals surface area contributed by atoms with Crippen LogP contribution in [0, 0.1) is 0 Å². The van der Waals surface area contributed by atoms with Gasteiger partial charge in [-0.25, -0.2) is 0 Å². The van der Waals surface area contributed by atoms with Crippen molar-refractivity contribution in [2.45, 2.75) is 56.2 Å². The van der Waals surface area contributed by atoms with Crippen LogP contribution in [0.2, 0.25) is 0 Å². The van der Waals surface area contributed by atoms with Gasteiger partial charge in [0.1, 0.15) is 0 Å². The van der Waals surface area contributed by atoms with Gasteiger partial charge in [-0.05, 0) is 0 Å². The van der Waals surface area contributed by atoms with E-state index in [0.29, 0.717) is 23.6 Å². The number of carbonyl (C=O) groups is 1. The first-order valence-electron chi connectivity index (χ1n) is 10.0. The molecule has 7 nitrogen and oxygen atoms in total. The standard InChI is InChI=1S/C19H31N3O4S.Pb/c1-4-6-7-8-13-24-18-17(20-27-21-18)16-10-9-11-22(3,14-16)15-26-19(23)25-12-5-2;/h10,15H,4-9,11-14H2,1-3H3;/q+1;. The molecule has 0 saturated heterocycles. The average Bonchev–Trinajstić information content (AvgIpc) is 3.15. The Bertz CT molecular complexity index is 655. The summed E-state index contributed by atoms with van der Waals surface area (Å²) in [6.45, 7) is 6.90. The first kappa shape index (κ1) is 23.5. The molecule has 2 atom stereocenters. The Kier molecular flexibility index (Phi) is 10.1. The fourth-order valence-electron chi connectivity index (χ4n) is 3.04. The molecule has 2 heterocycles. The number of quaternary nitrogens is 1. The molecule has 0 aliphatic carbocycles. The Morgan fingerprint density at radius 2 is 2.07 bits per heavy atom. The zero-order valence-electron chi connectivity index (χ0n) is 17.1. The van der Waals surface area contributed by atoms with Gasteiger partial charge in [0.2, 0.25) is 0 Å². The predicted octanol–water partition coefficient (Wildman–Crippen LogP) is 3.75. The Morgan fingerprint density at radius 3 is 2.82 bits per heavy atom. The van der Waals surface area contributed by atoms with Crippen molar-refractivity contribution >= 4 is 49.2 Å². The van der Waals surface area contributed by atoms with E-state index in [0.717, 1.165) is 69.4 Å². The molecule has 1 aromatic heterocycles. The Hall–Kier alpha value is -0.748. The van der Waals surface area contributed by atoms with Crippen LogP contribution in [0.4, 0.5) is 4.79 Å². The maximum absolute atomic E-state index is 11.9. The molecule has 1 aliphatic rings. The van der Waals surface area contributed by atoms with Crippen molar-refractivity contribution < 1.29 is 23.5 Å². The number of ether oxygens (including phenoxy) is 3.